The van der Waals surface area contributed by atoms with Crippen LogP contribution in [0.15, 0.2) is 48.7 Å². The third-order valence-electron chi connectivity index (χ3n) is 4.30. The highest BCUT2D eigenvalue weighted by atomic mass is 19.1. The van der Waals surface area contributed by atoms with Gasteiger partial charge in [-0.05, 0) is 5.56 Å². The fraction of sp³-hybridized carbons (Fsp3) is 0.286. The van der Waals surface area contributed by atoms with Gasteiger partial charge in [0, 0.05) is 18.7 Å². The van der Waals surface area contributed by atoms with E-state index in [1.165, 1.54) is 4.90 Å². The van der Waals surface area contributed by atoms with Crippen LogP contribution < -0.4 is 4.74 Å². The van der Waals surface area contributed by atoms with Crippen molar-refractivity contribution in [1.29, 1.82) is 0 Å². The van der Waals surface area contributed by atoms with Crippen LogP contribution in [0.4, 0.5) is 8.78 Å². The van der Waals surface area contributed by atoms with Crippen molar-refractivity contribution in [2.75, 3.05) is 6.54 Å². The zero-order chi connectivity index (χ0) is 20.8. The average Bonchev–Trinajstić information content (AvgIpc) is 3.16. The van der Waals surface area contributed by atoms with Gasteiger partial charge >= 0.3 is 0 Å². The highest BCUT2D eigenvalue weighted by Crippen LogP contribution is 2.21. The Labute approximate surface area is 167 Å². The summed E-state index contributed by atoms with van der Waals surface area (Å²) in [5.41, 5.74) is 1.42. The van der Waals surface area contributed by atoms with Crippen molar-refractivity contribution in [3.05, 3.63) is 77.2 Å². The van der Waals surface area contributed by atoms with E-state index in [0.29, 0.717) is 31.6 Å². The number of nitrogens with zero attached hydrogens (tertiary/aromatic N) is 4. The van der Waals surface area contributed by atoms with E-state index in [2.05, 4.69) is 10.1 Å². The molecule has 1 aliphatic rings. The minimum absolute atomic E-state index is 0.249. The number of hydrogen-bond acceptors (Lipinski definition) is 4. The summed E-state index contributed by atoms with van der Waals surface area (Å²) in [5.74, 6) is -1.90. The Morgan fingerprint density at radius 3 is 2.62 bits per heavy atom. The first-order valence-electron chi connectivity index (χ1n) is 9.44. The molecule has 1 amide bonds. The molecule has 1 aliphatic heterocycles. The molecule has 2 aromatic heterocycles. The summed E-state index contributed by atoms with van der Waals surface area (Å²) in [7, 11) is 0. The van der Waals surface area contributed by atoms with Crippen molar-refractivity contribution in [2.45, 2.75) is 33.5 Å². The van der Waals surface area contributed by atoms with E-state index in [1.807, 2.05) is 44.2 Å². The van der Waals surface area contributed by atoms with Gasteiger partial charge in [0.1, 0.15) is 12.4 Å². The number of pyridine rings is 1. The Morgan fingerprint density at radius 1 is 1.14 bits per heavy atom. The smallest absolute Gasteiger partial charge is 0.275 e. The van der Waals surface area contributed by atoms with Crippen LogP contribution in [0.3, 0.4) is 0 Å². The van der Waals surface area contributed by atoms with E-state index in [4.69, 9.17) is 4.74 Å². The molecule has 0 N–H and O–H groups in total. The van der Waals surface area contributed by atoms with Gasteiger partial charge in [0.15, 0.2) is 11.5 Å². The van der Waals surface area contributed by atoms with Crippen LogP contribution in [-0.4, -0.2) is 32.1 Å². The van der Waals surface area contributed by atoms with Crippen LogP contribution in [0.1, 0.15) is 35.6 Å². The van der Waals surface area contributed by atoms with Crippen LogP contribution in [0.5, 0.6) is 5.88 Å². The molecular weight excluding hydrogens is 378 g/mol. The van der Waals surface area contributed by atoms with Crippen LogP contribution >= 0.6 is 0 Å². The third-order valence-corrected chi connectivity index (χ3v) is 4.30. The molecule has 0 spiro atoms. The molecule has 29 heavy (non-hydrogen) atoms. The second kappa shape index (κ2) is 9.27. The average molecular weight is 400 g/mol. The van der Waals surface area contributed by atoms with Crippen molar-refractivity contribution >= 4 is 5.91 Å². The number of halogens is 2. The Kier molecular flexibility index (Phi) is 6.54. The molecule has 8 heteroatoms. The molecule has 152 valence electrons. The van der Waals surface area contributed by atoms with Crippen LogP contribution in [-0.2, 0) is 19.7 Å². The lowest BCUT2D eigenvalue weighted by atomic mass is 10.2. The van der Waals surface area contributed by atoms with E-state index < -0.39 is 17.5 Å². The highest BCUT2D eigenvalue weighted by Gasteiger charge is 2.26. The molecule has 0 unspecified atom stereocenters. The predicted molar refractivity (Wildman–Crippen MR) is 103 cm³/mol. The topological polar surface area (TPSA) is 60.2 Å². The molecule has 4 rings (SSSR count). The molecular formula is C21H22F2N4O2. The normalized spacial score (nSPS) is 12.6. The molecule has 0 atom stereocenters. The monoisotopic (exact) mass is 400 g/mol. The first-order valence-corrected chi connectivity index (χ1v) is 9.44. The summed E-state index contributed by atoms with van der Waals surface area (Å²) in [5, 5.41) is 4.38. The summed E-state index contributed by atoms with van der Waals surface area (Å²) in [6, 6.07) is 12.1. The van der Waals surface area contributed by atoms with Crippen molar-refractivity contribution in [3.63, 3.8) is 0 Å². The van der Waals surface area contributed by atoms with Gasteiger partial charge in [-0.25, -0.2) is 13.8 Å². The van der Waals surface area contributed by atoms with Gasteiger partial charge in [0.05, 0.1) is 25.0 Å². The van der Waals surface area contributed by atoms with E-state index in [0.717, 1.165) is 17.5 Å². The number of amides is 1. The first kappa shape index (κ1) is 20.4. The predicted octanol–water partition coefficient (Wildman–Crippen LogP) is 3.82. The van der Waals surface area contributed by atoms with Gasteiger partial charge in [-0.1, -0.05) is 44.2 Å². The Balaban J connectivity index is 0.00000117. The molecule has 0 radical (unpaired) electrons. The van der Waals surface area contributed by atoms with Crippen LogP contribution in [0.2, 0.25) is 0 Å². The molecule has 6 nitrogen and oxygen atoms in total. The van der Waals surface area contributed by atoms with Gasteiger partial charge in [-0.3, -0.25) is 9.48 Å². The number of benzene rings is 1. The van der Waals surface area contributed by atoms with E-state index in [9.17, 15) is 13.6 Å². The number of carbonyl (C=O) groups is 1. The van der Waals surface area contributed by atoms with Crippen LogP contribution in [0, 0.1) is 11.6 Å². The fourth-order valence-corrected chi connectivity index (χ4v) is 2.94. The van der Waals surface area contributed by atoms with Crippen molar-refractivity contribution < 1.29 is 18.3 Å². The molecule has 0 saturated carbocycles. The lowest BCUT2D eigenvalue weighted by molar-refractivity contribution is 0.0694. The number of hydrogen-bond donors (Lipinski definition) is 0. The standard InChI is InChI=1S/C19H16F2N4O2.C2H6/c20-14-8-16(21)18(22-10-14)19(26)24-6-7-25-15(11-24)9-17(23-25)27-12-13-4-2-1-3-5-13;1-2/h1-5,8-10H,6-7,11-12H2;1-2H3. The zero-order valence-electron chi connectivity index (χ0n) is 16.3. The molecule has 3 heterocycles. The molecule has 1 aromatic carbocycles. The summed E-state index contributed by atoms with van der Waals surface area (Å²) in [6.07, 6.45) is 0.833. The van der Waals surface area contributed by atoms with Crippen molar-refractivity contribution in [3.8, 4) is 5.88 Å². The maximum absolute atomic E-state index is 13.8. The first-order chi connectivity index (χ1) is 14.1. The molecule has 0 saturated heterocycles. The third kappa shape index (κ3) is 4.77. The van der Waals surface area contributed by atoms with Gasteiger partial charge in [0.2, 0.25) is 5.88 Å². The summed E-state index contributed by atoms with van der Waals surface area (Å²) in [4.78, 5) is 17.5. The quantitative estimate of drug-likeness (QED) is 0.668. The number of fused-ring (bicyclic) bond motifs is 1. The van der Waals surface area contributed by atoms with Gasteiger partial charge in [0.25, 0.3) is 5.91 Å². The summed E-state index contributed by atoms with van der Waals surface area (Å²) >= 11 is 0. The molecule has 0 aliphatic carbocycles. The van der Waals surface area contributed by atoms with Gasteiger partial charge in [-0.2, -0.15) is 0 Å². The van der Waals surface area contributed by atoms with Crippen LogP contribution in [0.25, 0.3) is 0 Å². The minimum Gasteiger partial charge on any atom is -0.472 e. The number of aromatic nitrogens is 3. The van der Waals surface area contributed by atoms with Crippen molar-refractivity contribution in [1.82, 2.24) is 19.7 Å². The van der Waals surface area contributed by atoms with Gasteiger partial charge in [-0.15, -0.1) is 5.10 Å². The Hall–Kier alpha value is -3.29. The van der Waals surface area contributed by atoms with Crippen molar-refractivity contribution in [2.24, 2.45) is 0 Å². The highest BCUT2D eigenvalue weighted by molar-refractivity contribution is 5.92. The van der Waals surface area contributed by atoms with E-state index in [1.54, 1.807) is 10.7 Å². The molecule has 0 bridgehead atoms. The number of rotatable bonds is 4. The van der Waals surface area contributed by atoms with E-state index in [-0.39, 0.29) is 12.2 Å². The maximum Gasteiger partial charge on any atom is 0.275 e. The second-order valence-electron chi connectivity index (χ2n) is 6.18. The van der Waals surface area contributed by atoms with E-state index >= 15 is 0 Å². The fourth-order valence-electron chi connectivity index (χ4n) is 2.94. The minimum atomic E-state index is -0.967. The number of ether oxygens (including phenoxy) is 1. The molecule has 0 fully saturated rings. The second-order valence-corrected chi connectivity index (χ2v) is 6.18. The largest absolute Gasteiger partial charge is 0.472 e. The lowest BCUT2D eigenvalue weighted by Crippen LogP contribution is -2.39. The Bertz CT molecular complexity index is 976. The maximum atomic E-state index is 13.8. The zero-order valence-corrected chi connectivity index (χ0v) is 16.3. The summed E-state index contributed by atoms with van der Waals surface area (Å²) < 4.78 is 34.3. The summed E-state index contributed by atoms with van der Waals surface area (Å²) in [6.45, 7) is 5.45. The van der Waals surface area contributed by atoms with Gasteiger partial charge < -0.3 is 9.64 Å². The molecule has 3 aromatic rings. The lowest BCUT2D eigenvalue weighted by Gasteiger charge is -2.27. The SMILES string of the molecule is CC.O=C(c1ncc(F)cc1F)N1CCn2nc(OCc3ccccc3)cc2C1. The number of carbonyl (C=O) groups excluding carboxylic acids is 1. The Morgan fingerprint density at radius 2 is 1.90 bits per heavy atom.